The molecule has 1 unspecified atom stereocenters. The molecule has 0 aliphatic heterocycles. The number of methoxy groups -OCH3 is 1. The van der Waals surface area contributed by atoms with Gasteiger partial charge >= 0.3 is 0 Å². The van der Waals surface area contributed by atoms with Crippen LogP contribution in [-0.4, -0.2) is 13.0 Å². The first-order valence-electron chi connectivity index (χ1n) is 9.47. The molecule has 4 rings (SSSR count). The molecule has 1 aliphatic rings. The van der Waals surface area contributed by atoms with Crippen molar-refractivity contribution in [3.8, 4) is 11.5 Å². The van der Waals surface area contributed by atoms with Crippen LogP contribution in [0.15, 0.2) is 65.1 Å². The average Bonchev–Trinajstić information content (AvgIpc) is 3.22. The van der Waals surface area contributed by atoms with E-state index in [4.69, 9.17) is 13.9 Å². The summed E-state index contributed by atoms with van der Waals surface area (Å²) in [6, 6.07) is 19.1. The molecule has 1 heterocycles. The Balaban J connectivity index is 1.38. The molecule has 0 radical (unpaired) electrons. The average molecular weight is 377 g/mol. The summed E-state index contributed by atoms with van der Waals surface area (Å²) < 4.78 is 16.6. The molecule has 1 amide bonds. The summed E-state index contributed by atoms with van der Waals surface area (Å²) in [5, 5.41) is 3.10. The summed E-state index contributed by atoms with van der Waals surface area (Å²) in [6.45, 7) is 0.243. The third-order valence-electron chi connectivity index (χ3n) is 4.98. The number of rotatable bonds is 6. The number of benzene rings is 2. The first kappa shape index (κ1) is 18.2. The SMILES string of the molecule is COc1cccc(OCc2ccc(C(=O)NC3CCCc4ccccc43)o2)c1. The van der Waals surface area contributed by atoms with E-state index in [2.05, 4.69) is 17.4 Å². The van der Waals surface area contributed by atoms with E-state index in [9.17, 15) is 4.79 Å². The lowest BCUT2D eigenvalue weighted by Gasteiger charge is -2.25. The van der Waals surface area contributed by atoms with E-state index in [1.54, 1.807) is 25.3 Å². The number of furan rings is 1. The van der Waals surface area contributed by atoms with Gasteiger partial charge in [0.1, 0.15) is 23.9 Å². The van der Waals surface area contributed by atoms with Gasteiger partial charge in [0.15, 0.2) is 5.76 Å². The third kappa shape index (κ3) is 4.03. The Morgan fingerprint density at radius 2 is 1.96 bits per heavy atom. The number of carbonyl (C=O) groups excluding carboxylic acids is 1. The highest BCUT2D eigenvalue weighted by atomic mass is 16.5. The Labute approximate surface area is 164 Å². The lowest BCUT2D eigenvalue weighted by atomic mass is 9.88. The summed E-state index contributed by atoms with van der Waals surface area (Å²) in [5.74, 6) is 2.10. The zero-order chi connectivity index (χ0) is 19.3. The summed E-state index contributed by atoms with van der Waals surface area (Å²) >= 11 is 0. The minimum absolute atomic E-state index is 0.0269. The highest BCUT2D eigenvalue weighted by molar-refractivity contribution is 5.91. The van der Waals surface area contributed by atoms with E-state index in [0.29, 0.717) is 17.3 Å². The van der Waals surface area contributed by atoms with Crippen LogP contribution in [0.2, 0.25) is 0 Å². The molecule has 1 atom stereocenters. The molecule has 2 aromatic carbocycles. The highest BCUT2D eigenvalue weighted by Crippen LogP contribution is 2.29. The van der Waals surface area contributed by atoms with Crippen molar-refractivity contribution in [1.29, 1.82) is 0 Å². The maximum atomic E-state index is 12.6. The van der Waals surface area contributed by atoms with Crippen molar-refractivity contribution in [3.05, 3.63) is 83.3 Å². The predicted molar refractivity (Wildman–Crippen MR) is 106 cm³/mol. The monoisotopic (exact) mass is 377 g/mol. The van der Waals surface area contributed by atoms with Crippen molar-refractivity contribution in [2.45, 2.75) is 31.9 Å². The van der Waals surface area contributed by atoms with Gasteiger partial charge in [-0.25, -0.2) is 0 Å². The van der Waals surface area contributed by atoms with Crippen LogP contribution in [0.4, 0.5) is 0 Å². The number of hydrogen-bond acceptors (Lipinski definition) is 4. The van der Waals surface area contributed by atoms with Gasteiger partial charge in [0.2, 0.25) is 0 Å². The van der Waals surface area contributed by atoms with Crippen molar-refractivity contribution in [3.63, 3.8) is 0 Å². The fraction of sp³-hybridized carbons (Fsp3) is 0.261. The Kier molecular flexibility index (Phi) is 5.33. The molecule has 1 N–H and O–H groups in total. The fourth-order valence-electron chi connectivity index (χ4n) is 3.56. The molecule has 0 fully saturated rings. The molecule has 3 aromatic rings. The molecule has 0 spiro atoms. The minimum atomic E-state index is -0.200. The van der Waals surface area contributed by atoms with Gasteiger partial charge in [-0.3, -0.25) is 4.79 Å². The Morgan fingerprint density at radius 1 is 1.11 bits per heavy atom. The number of hydrogen-bond donors (Lipinski definition) is 1. The van der Waals surface area contributed by atoms with E-state index in [1.807, 2.05) is 30.3 Å². The highest BCUT2D eigenvalue weighted by Gasteiger charge is 2.23. The topological polar surface area (TPSA) is 60.7 Å². The van der Waals surface area contributed by atoms with Gasteiger partial charge in [0.05, 0.1) is 13.2 Å². The molecule has 0 saturated heterocycles. The zero-order valence-electron chi connectivity index (χ0n) is 15.8. The van der Waals surface area contributed by atoms with Crippen molar-refractivity contribution < 1.29 is 18.7 Å². The summed E-state index contributed by atoms with van der Waals surface area (Å²) in [5.41, 5.74) is 2.51. The Morgan fingerprint density at radius 3 is 2.86 bits per heavy atom. The summed E-state index contributed by atoms with van der Waals surface area (Å²) in [6.07, 6.45) is 3.07. The molecular weight excluding hydrogens is 354 g/mol. The second-order valence-electron chi connectivity index (χ2n) is 6.85. The van der Waals surface area contributed by atoms with E-state index in [-0.39, 0.29) is 18.6 Å². The van der Waals surface area contributed by atoms with Crippen molar-refractivity contribution in [1.82, 2.24) is 5.32 Å². The molecular formula is C23H23NO4. The van der Waals surface area contributed by atoms with Gasteiger partial charge < -0.3 is 19.2 Å². The second-order valence-corrected chi connectivity index (χ2v) is 6.85. The van der Waals surface area contributed by atoms with Crippen LogP contribution in [0.5, 0.6) is 11.5 Å². The second kappa shape index (κ2) is 8.21. The number of fused-ring (bicyclic) bond motifs is 1. The molecule has 5 nitrogen and oxygen atoms in total. The van der Waals surface area contributed by atoms with Crippen LogP contribution in [-0.2, 0) is 13.0 Å². The maximum absolute atomic E-state index is 12.6. The van der Waals surface area contributed by atoms with Gasteiger partial charge in [-0.2, -0.15) is 0 Å². The predicted octanol–water partition coefficient (Wildman–Crippen LogP) is 4.67. The summed E-state index contributed by atoms with van der Waals surface area (Å²) in [4.78, 5) is 12.6. The van der Waals surface area contributed by atoms with Crippen LogP contribution in [0, 0.1) is 0 Å². The lowest BCUT2D eigenvalue weighted by molar-refractivity contribution is 0.0900. The maximum Gasteiger partial charge on any atom is 0.287 e. The first-order chi connectivity index (χ1) is 13.7. The van der Waals surface area contributed by atoms with Crippen LogP contribution in [0.25, 0.3) is 0 Å². The number of nitrogens with one attached hydrogen (secondary N) is 1. The number of carbonyl (C=O) groups is 1. The van der Waals surface area contributed by atoms with E-state index in [0.717, 1.165) is 25.0 Å². The van der Waals surface area contributed by atoms with Crippen LogP contribution < -0.4 is 14.8 Å². The molecule has 144 valence electrons. The van der Waals surface area contributed by atoms with Crippen molar-refractivity contribution in [2.24, 2.45) is 0 Å². The van der Waals surface area contributed by atoms with Crippen molar-refractivity contribution >= 4 is 5.91 Å². The minimum Gasteiger partial charge on any atom is -0.497 e. The van der Waals surface area contributed by atoms with Crippen molar-refractivity contribution in [2.75, 3.05) is 7.11 Å². The van der Waals surface area contributed by atoms with Crippen LogP contribution in [0.1, 0.15) is 46.3 Å². The quantitative estimate of drug-likeness (QED) is 0.678. The van der Waals surface area contributed by atoms with Gasteiger partial charge in [-0.15, -0.1) is 0 Å². The molecule has 5 heteroatoms. The number of aryl methyl sites for hydroxylation is 1. The fourth-order valence-corrected chi connectivity index (χ4v) is 3.56. The Hall–Kier alpha value is -3.21. The smallest absolute Gasteiger partial charge is 0.287 e. The van der Waals surface area contributed by atoms with Gasteiger partial charge in [-0.1, -0.05) is 30.3 Å². The molecule has 1 aliphatic carbocycles. The number of amides is 1. The van der Waals surface area contributed by atoms with Gasteiger partial charge in [0, 0.05) is 6.07 Å². The molecule has 28 heavy (non-hydrogen) atoms. The third-order valence-corrected chi connectivity index (χ3v) is 4.98. The standard InChI is InChI=1S/C23H23NO4/c1-26-17-8-5-9-18(14-17)27-15-19-12-13-22(28-19)23(25)24-21-11-4-7-16-6-2-3-10-20(16)21/h2-3,5-6,8-10,12-14,21H,4,7,11,15H2,1H3,(H,24,25). The lowest BCUT2D eigenvalue weighted by Crippen LogP contribution is -2.30. The Bertz CT molecular complexity index is 962. The van der Waals surface area contributed by atoms with Crippen LogP contribution in [0.3, 0.4) is 0 Å². The van der Waals surface area contributed by atoms with E-state index < -0.39 is 0 Å². The molecule has 1 aromatic heterocycles. The largest absolute Gasteiger partial charge is 0.497 e. The van der Waals surface area contributed by atoms with E-state index in [1.165, 1.54) is 11.1 Å². The molecule has 0 bridgehead atoms. The van der Waals surface area contributed by atoms with Gasteiger partial charge in [0.25, 0.3) is 5.91 Å². The number of ether oxygens (including phenoxy) is 2. The normalized spacial score (nSPS) is 15.5. The zero-order valence-corrected chi connectivity index (χ0v) is 15.8. The molecule has 0 saturated carbocycles. The van der Waals surface area contributed by atoms with E-state index >= 15 is 0 Å². The first-order valence-corrected chi connectivity index (χ1v) is 9.47. The summed E-state index contributed by atoms with van der Waals surface area (Å²) in [7, 11) is 1.61. The van der Waals surface area contributed by atoms with Crippen LogP contribution >= 0.6 is 0 Å². The van der Waals surface area contributed by atoms with Gasteiger partial charge in [-0.05, 0) is 54.7 Å².